The first-order valence-corrected chi connectivity index (χ1v) is 6.65. The molecular weight excluding hydrogens is 240 g/mol. The molecule has 0 spiro atoms. The fraction of sp³-hybridized carbons (Fsp3) is 0.533. The van der Waals surface area contributed by atoms with Crippen molar-refractivity contribution >= 4 is 5.97 Å². The minimum atomic E-state index is -0.489. The van der Waals surface area contributed by atoms with Crippen molar-refractivity contribution in [3.63, 3.8) is 0 Å². The van der Waals surface area contributed by atoms with Crippen LogP contribution >= 0.6 is 0 Å². The summed E-state index contributed by atoms with van der Waals surface area (Å²) in [5.74, 6) is -0.203. The van der Waals surface area contributed by atoms with Gasteiger partial charge in [-0.25, -0.2) is 0 Å². The van der Waals surface area contributed by atoms with Crippen molar-refractivity contribution in [3.8, 4) is 0 Å². The molecule has 1 fully saturated rings. The van der Waals surface area contributed by atoms with Gasteiger partial charge in [0, 0.05) is 12.5 Å². The molecule has 1 aliphatic rings. The minimum absolute atomic E-state index is 0.0407. The van der Waals surface area contributed by atoms with Crippen LogP contribution in [0.5, 0.6) is 0 Å². The van der Waals surface area contributed by atoms with E-state index in [9.17, 15) is 4.79 Å². The van der Waals surface area contributed by atoms with E-state index in [1.807, 2.05) is 51.1 Å². The van der Waals surface area contributed by atoms with Gasteiger partial charge >= 0.3 is 5.97 Å². The maximum atomic E-state index is 11.9. The van der Waals surface area contributed by atoms with Crippen LogP contribution in [0, 0.1) is 5.41 Å². The van der Waals surface area contributed by atoms with E-state index in [0.717, 1.165) is 5.56 Å². The topological polar surface area (TPSA) is 64.3 Å². The molecule has 3 N–H and O–H groups in total. The Bertz CT molecular complexity index is 439. The Balaban J connectivity index is 2.00. The molecule has 19 heavy (non-hydrogen) atoms. The number of hydrogen-bond acceptors (Lipinski definition) is 4. The van der Waals surface area contributed by atoms with Gasteiger partial charge in [0.15, 0.2) is 6.23 Å². The molecule has 3 unspecified atom stereocenters. The molecule has 1 saturated heterocycles. The average Bonchev–Trinajstić information content (AvgIpc) is 2.70. The summed E-state index contributed by atoms with van der Waals surface area (Å²) in [6.45, 7) is 5.54. The highest BCUT2D eigenvalue weighted by atomic mass is 16.6. The van der Waals surface area contributed by atoms with Crippen molar-refractivity contribution in [2.24, 2.45) is 11.1 Å². The lowest BCUT2D eigenvalue weighted by Crippen LogP contribution is -2.34. The Morgan fingerprint density at radius 3 is 2.53 bits per heavy atom. The molecule has 0 bridgehead atoms. The van der Waals surface area contributed by atoms with Gasteiger partial charge in [0.2, 0.25) is 0 Å². The monoisotopic (exact) mass is 262 g/mol. The number of rotatable bonds is 2. The van der Waals surface area contributed by atoms with Crippen LogP contribution in [0.25, 0.3) is 0 Å². The number of carbonyl (C=O) groups is 1. The van der Waals surface area contributed by atoms with Crippen LogP contribution in [0.1, 0.15) is 38.8 Å². The highest BCUT2D eigenvalue weighted by molar-refractivity contribution is 5.75. The summed E-state index contributed by atoms with van der Waals surface area (Å²) in [4.78, 5) is 11.9. The number of nitrogens with one attached hydrogen (secondary N) is 1. The molecule has 1 aromatic carbocycles. The van der Waals surface area contributed by atoms with Gasteiger partial charge in [0.25, 0.3) is 0 Å². The third-order valence-corrected chi connectivity index (χ3v) is 3.30. The standard InChI is InChI=1S/C15H22N2O2/c1-15(2,3)14(18)19-12-9-11(16)13(17-12)10-7-5-4-6-8-10/h4-8,11-13,17H,9,16H2,1-3H3. The van der Waals surface area contributed by atoms with Crippen molar-refractivity contribution < 1.29 is 9.53 Å². The summed E-state index contributed by atoms with van der Waals surface area (Å²) >= 11 is 0. The van der Waals surface area contributed by atoms with Crippen LogP contribution in [0.3, 0.4) is 0 Å². The van der Waals surface area contributed by atoms with Gasteiger partial charge in [0.1, 0.15) is 0 Å². The van der Waals surface area contributed by atoms with Crippen molar-refractivity contribution in [1.29, 1.82) is 0 Å². The predicted molar refractivity (Wildman–Crippen MR) is 74.2 cm³/mol. The maximum Gasteiger partial charge on any atom is 0.312 e. The molecule has 4 heteroatoms. The Labute approximate surface area is 114 Å². The van der Waals surface area contributed by atoms with Gasteiger partial charge in [-0.1, -0.05) is 30.3 Å². The molecule has 1 aromatic rings. The molecule has 2 rings (SSSR count). The third kappa shape index (κ3) is 3.33. The van der Waals surface area contributed by atoms with E-state index < -0.39 is 5.41 Å². The molecule has 0 aromatic heterocycles. The second-order valence-electron chi connectivity index (χ2n) is 6.10. The lowest BCUT2D eigenvalue weighted by atomic mass is 9.97. The first kappa shape index (κ1) is 14.0. The first-order valence-electron chi connectivity index (χ1n) is 6.65. The molecule has 104 valence electrons. The zero-order chi connectivity index (χ0) is 14.0. The minimum Gasteiger partial charge on any atom is -0.446 e. The van der Waals surface area contributed by atoms with Gasteiger partial charge in [-0.15, -0.1) is 0 Å². The molecule has 0 radical (unpaired) electrons. The Morgan fingerprint density at radius 2 is 1.95 bits per heavy atom. The lowest BCUT2D eigenvalue weighted by molar-refractivity contribution is -0.159. The highest BCUT2D eigenvalue weighted by Gasteiger charge is 2.36. The largest absolute Gasteiger partial charge is 0.446 e. The summed E-state index contributed by atoms with van der Waals surface area (Å²) in [5.41, 5.74) is 6.77. The zero-order valence-corrected chi connectivity index (χ0v) is 11.7. The van der Waals surface area contributed by atoms with Crippen molar-refractivity contribution in [2.75, 3.05) is 0 Å². The van der Waals surface area contributed by atoms with E-state index in [0.29, 0.717) is 6.42 Å². The van der Waals surface area contributed by atoms with Crippen LogP contribution in [0.2, 0.25) is 0 Å². The molecule has 4 nitrogen and oxygen atoms in total. The van der Waals surface area contributed by atoms with Crippen LogP contribution in [0.15, 0.2) is 30.3 Å². The second kappa shape index (κ2) is 5.31. The Hall–Kier alpha value is -1.39. The number of esters is 1. The summed E-state index contributed by atoms with van der Waals surface area (Å²) in [6, 6.07) is 10.0. The predicted octanol–water partition coefficient (Wildman–Crippen LogP) is 1.96. The SMILES string of the molecule is CC(C)(C)C(=O)OC1CC(N)C(c2ccccc2)N1. The van der Waals surface area contributed by atoms with Crippen LogP contribution in [0.4, 0.5) is 0 Å². The Morgan fingerprint density at radius 1 is 1.32 bits per heavy atom. The molecule has 0 aliphatic carbocycles. The molecule has 3 atom stereocenters. The summed E-state index contributed by atoms with van der Waals surface area (Å²) in [6.07, 6.45) is 0.341. The van der Waals surface area contributed by atoms with Gasteiger partial charge in [0.05, 0.1) is 11.5 Å². The average molecular weight is 262 g/mol. The van der Waals surface area contributed by atoms with Crippen LogP contribution in [-0.2, 0) is 9.53 Å². The quantitative estimate of drug-likeness (QED) is 0.800. The van der Waals surface area contributed by atoms with Crippen LogP contribution in [-0.4, -0.2) is 18.2 Å². The van der Waals surface area contributed by atoms with E-state index in [1.54, 1.807) is 0 Å². The number of carbonyl (C=O) groups excluding carboxylic acids is 1. The third-order valence-electron chi connectivity index (χ3n) is 3.30. The second-order valence-corrected chi connectivity index (χ2v) is 6.10. The lowest BCUT2D eigenvalue weighted by Gasteiger charge is -2.21. The number of hydrogen-bond donors (Lipinski definition) is 2. The first-order chi connectivity index (χ1) is 8.88. The molecule has 1 aliphatic heterocycles. The number of ether oxygens (including phenoxy) is 1. The van der Waals surface area contributed by atoms with Gasteiger partial charge in [-0.3, -0.25) is 10.1 Å². The Kier molecular flexibility index (Phi) is 3.92. The summed E-state index contributed by atoms with van der Waals surface area (Å²) < 4.78 is 5.47. The van der Waals surface area contributed by atoms with E-state index in [-0.39, 0.29) is 24.3 Å². The summed E-state index contributed by atoms with van der Waals surface area (Å²) in [7, 11) is 0. The number of benzene rings is 1. The molecule has 0 amide bonds. The van der Waals surface area contributed by atoms with Gasteiger partial charge in [-0.2, -0.15) is 0 Å². The number of nitrogens with two attached hydrogens (primary N) is 1. The molecule has 1 heterocycles. The fourth-order valence-electron chi connectivity index (χ4n) is 2.17. The molecule has 0 saturated carbocycles. The van der Waals surface area contributed by atoms with Crippen molar-refractivity contribution in [3.05, 3.63) is 35.9 Å². The van der Waals surface area contributed by atoms with E-state index in [2.05, 4.69) is 5.32 Å². The van der Waals surface area contributed by atoms with Gasteiger partial charge in [-0.05, 0) is 26.3 Å². The van der Waals surface area contributed by atoms with Gasteiger partial charge < -0.3 is 10.5 Å². The van der Waals surface area contributed by atoms with Crippen molar-refractivity contribution in [2.45, 2.75) is 45.5 Å². The maximum absolute atomic E-state index is 11.9. The fourth-order valence-corrected chi connectivity index (χ4v) is 2.17. The van der Waals surface area contributed by atoms with Crippen LogP contribution < -0.4 is 11.1 Å². The molecular formula is C15H22N2O2. The van der Waals surface area contributed by atoms with E-state index in [4.69, 9.17) is 10.5 Å². The zero-order valence-electron chi connectivity index (χ0n) is 11.7. The summed E-state index contributed by atoms with van der Waals surface area (Å²) in [5, 5.41) is 3.29. The smallest absolute Gasteiger partial charge is 0.312 e. The normalized spacial score (nSPS) is 27.3. The van der Waals surface area contributed by atoms with Crippen molar-refractivity contribution in [1.82, 2.24) is 5.32 Å². The van der Waals surface area contributed by atoms with E-state index in [1.165, 1.54) is 0 Å². The highest BCUT2D eigenvalue weighted by Crippen LogP contribution is 2.27. The van der Waals surface area contributed by atoms with E-state index >= 15 is 0 Å².